The summed E-state index contributed by atoms with van der Waals surface area (Å²) >= 11 is 0. The van der Waals surface area contributed by atoms with Gasteiger partial charge >= 0.3 is 12.0 Å². The first kappa shape index (κ1) is 23.3. The van der Waals surface area contributed by atoms with E-state index in [0.29, 0.717) is 19.4 Å². The van der Waals surface area contributed by atoms with Gasteiger partial charge in [-0.3, -0.25) is 19.7 Å². The number of urea groups is 1. The van der Waals surface area contributed by atoms with E-state index in [1.54, 1.807) is 4.90 Å². The summed E-state index contributed by atoms with van der Waals surface area (Å²) in [4.78, 5) is 52.1. The van der Waals surface area contributed by atoms with Gasteiger partial charge in [-0.2, -0.15) is 0 Å². The van der Waals surface area contributed by atoms with Crippen molar-refractivity contribution < 1.29 is 23.9 Å². The molecule has 0 spiro atoms. The number of para-hydroxylation sites is 1. The topological polar surface area (TPSA) is 105 Å². The number of rotatable bonds is 5. The Balaban J connectivity index is 1.29. The van der Waals surface area contributed by atoms with E-state index in [1.807, 2.05) is 24.3 Å². The zero-order valence-electron chi connectivity index (χ0n) is 19.0. The molecule has 178 valence electrons. The minimum Gasteiger partial charge on any atom is -0.455 e. The Hall–Kier alpha value is -2.90. The van der Waals surface area contributed by atoms with Crippen LogP contribution in [-0.2, 0) is 25.5 Å². The monoisotopic (exact) mass is 455 g/mol. The summed E-state index contributed by atoms with van der Waals surface area (Å²) in [5.74, 6) is -2.26. The smallest absolute Gasteiger partial charge is 0.321 e. The van der Waals surface area contributed by atoms with Gasteiger partial charge in [0.2, 0.25) is 5.91 Å². The molecule has 1 aliphatic heterocycles. The molecule has 2 saturated carbocycles. The molecule has 4 rings (SSSR count). The highest BCUT2D eigenvalue weighted by Crippen LogP contribution is 2.36. The number of fused-ring (bicyclic) bond motifs is 1. The van der Waals surface area contributed by atoms with Crippen molar-refractivity contribution >= 4 is 29.5 Å². The lowest BCUT2D eigenvalue weighted by Gasteiger charge is -2.32. The number of ether oxygens (including phenoxy) is 1. The number of hydrogen-bond acceptors (Lipinski definition) is 5. The van der Waals surface area contributed by atoms with Gasteiger partial charge in [0.25, 0.3) is 5.91 Å². The van der Waals surface area contributed by atoms with E-state index in [2.05, 4.69) is 10.6 Å². The molecule has 2 unspecified atom stereocenters. The highest BCUT2D eigenvalue weighted by atomic mass is 16.5. The van der Waals surface area contributed by atoms with E-state index in [9.17, 15) is 19.2 Å². The Morgan fingerprint density at radius 3 is 2.39 bits per heavy atom. The summed E-state index contributed by atoms with van der Waals surface area (Å²) in [7, 11) is 0. The normalized spacial score (nSPS) is 22.8. The van der Waals surface area contributed by atoms with Crippen LogP contribution in [0.5, 0.6) is 0 Å². The second-order valence-corrected chi connectivity index (χ2v) is 9.33. The number of esters is 1. The third-order valence-corrected chi connectivity index (χ3v) is 7.08. The minimum atomic E-state index is -0.663. The van der Waals surface area contributed by atoms with Crippen LogP contribution in [0.2, 0.25) is 0 Å². The van der Waals surface area contributed by atoms with Crippen molar-refractivity contribution in [2.45, 2.75) is 70.3 Å². The molecule has 8 nitrogen and oxygen atoms in total. The average molecular weight is 456 g/mol. The molecular formula is C25H33N3O5. The molecule has 2 atom stereocenters. The van der Waals surface area contributed by atoms with Crippen molar-refractivity contribution in [3.8, 4) is 0 Å². The number of carbonyl (C=O) groups is 4. The molecule has 3 aliphatic rings. The zero-order valence-corrected chi connectivity index (χ0v) is 19.0. The van der Waals surface area contributed by atoms with Gasteiger partial charge in [-0.25, -0.2) is 4.79 Å². The van der Waals surface area contributed by atoms with Gasteiger partial charge in [0.15, 0.2) is 6.61 Å². The molecule has 1 aromatic carbocycles. The maximum Gasteiger partial charge on any atom is 0.321 e. The number of carbonyl (C=O) groups excluding carboxylic acids is 4. The fraction of sp³-hybridized carbons (Fsp3) is 0.600. The number of imide groups is 1. The van der Waals surface area contributed by atoms with Gasteiger partial charge in [0.05, 0.1) is 11.8 Å². The molecule has 4 amide bonds. The first-order chi connectivity index (χ1) is 16.0. The van der Waals surface area contributed by atoms with Crippen molar-refractivity contribution in [1.29, 1.82) is 0 Å². The van der Waals surface area contributed by atoms with Crippen LogP contribution in [0.15, 0.2) is 24.3 Å². The lowest BCUT2D eigenvalue weighted by atomic mass is 9.78. The summed E-state index contributed by atoms with van der Waals surface area (Å²) < 4.78 is 5.24. The summed E-state index contributed by atoms with van der Waals surface area (Å²) in [5.41, 5.74) is 2.06. The Labute approximate surface area is 194 Å². The van der Waals surface area contributed by atoms with E-state index >= 15 is 0 Å². The number of nitrogens with zero attached hydrogens (tertiary/aromatic N) is 1. The van der Waals surface area contributed by atoms with Crippen molar-refractivity contribution in [2.75, 3.05) is 18.1 Å². The first-order valence-electron chi connectivity index (χ1n) is 12.2. The second-order valence-electron chi connectivity index (χ2n) is 9.33. The Morgan fingerprint density at radius 2 is 1.61 bits per heavy atom. The van der Waals surface area contributed by atoms with Crippen LogP contribution >= 0.6 is 0 Å². The highest BCUT2D eigenvalue weighted by molar-refractivity contribution is 5.99. The molecule has 2 N–H and O–H groups in total. The molecule has 1 aromatic rings. The second kappa shape index (κ2) is 10.8. The molecule has 33 heavy (non-hydrogen) atoms. The fourth-order valence-corrected chi connectivity index (χ4v) is 5.35. The lowest BCUT2D eigenvalue weighted by molar-refractivity contribution is -0.157. The molecule has 8 heteroatoms. The summed E-state index contributed by atoms with van der Waals surface area (Å²) in [6, 6.07) is 7.38. The predicted molar refractivity (Wildman–Crippen MR) is 122 cm³/mol. The molecule has 0 saturated heterocycles. The summed E-state index contributed by atoms with van der Waals surface area (Å²) in [6.45, 7) is 0.0931. The van der Waals surface area contributed by atoms with Gasteiger partial charge < -0.3 is 15.0 Å². The number of nitrogens with one attached hydrogen (secondary N) is 2. The van der Waals surface area contributed by atoms with Crippen LogP contribution in [0, 0.1) is 11.8 Å². The summed E-state index contributed by atoms with van der Waals surface area (Å²) in [5, 5.41) is 5.03. The predicted octanol–water partition coefficient (Wildman–Crippen LogP) is 3.08. The van der Waals surface area contributed by atoms with E-state index in [4.69, 9.17) is 4.74 Å². The van der Waals surface area contributed by atoms with Crippen molar-refractivity contribution in [1.82, 2.24) is 10.6 Å². The standard InChI is InChI=1S/C25H33N3O5/c29-22(27-25(32)26-18-9-2-1-3-10-18)16-33-24(31)20-12-6-5-11-19(20)23(30)28-15-14-17-8-4-7-13-21(17)28/h4,7-8,13,18-20H,1-3,5-6,9-12,14-16H2,(H2,26,27,29,32). The van der Waals surface area contributed by atoms with Gasteiger partial charge in [-0.05, 0) is 43.7 Å². The first-order valence-corrected chi connectivity index (χ1v) is 12.2. The van der Waals surface area contributed by atoms with Crippen molar-refractivity contribution in [3.63, 3.8) is 0 Å². The lowest BCUT2D eigenvalue weighted by Crippen LogP contribution is -2.47. The number of amides is 4. The molecule has 0 bridgehead atoms. The average Bonchev–Trinajstić information content (AvgIpc) is 3.27. The van der Waals surface area contributed by atoms with Crippen LogP contribution in [0.25, 0.3) is 0 Å². The molecular weight excluding hydrogens is 422 g/mol. The maximum absolute atomic E-state index is 13.3. The largest absolute Gasteiger partial charge is 0.455 e. The Morgan fingerprint density at radius 1 is 0.909 bits per heavy atom. The molecule has 0 radical (unpaired) electrons. The summed E-state index contributed by atoms with van der Waals surface area (Å²) in [6.07, 6.45) is 8.87. The van der Waals surface area contributed by atoms with Crippen molar-refractivity contribution in [3.05, 3.63) is 29.8 Å². The van der Waals surface area contributed by atoms with Crippen LogP contribution < -0.4 is 15.5 Å². The van der Waals surface area contributed by atoms with Crippen LogP contribution in [0.3, 0.4) is 0 Å². The van der Waals surface area contributed by atoms with Crippen molar-refractivity contribution in [2.24, 2.45) is 11.8 Å². The molecule has 2 aliphatic carbocycles. The molecule has 0 aromatic heterocycles. The van der Waals surface area contributed by atoms with E-state index in [1.165, 1.54) is 6.42 Å². The zero-order chi connectivity index (χ0) is 23.2. The Kier molecular flexibility index (Phi) is 7.62. The Bertz CT molecular complexity index is 896. The van der Waals surface area contributed by atoms with Gasteiger partial charge in [0, 0.05) is 18.3 Å². The van der Waals surface area contributed by atoms with E-state index in [0.717, 1.165) is 56.2 Å². The van der Waals surface area contributed by atoms with E-state index in [-0.39, 0.29) is 11.9 Å². The third-order valence-electron chi connectivity index (χ3n) is 7.08. The molecule has 1 heterocycles. The van der Waals surface area contributed by atoms with E-state index < -0.39 is 36.4 Å². The van der Waals surface area contributed by atoms with Gasteiger partial charge in [0.1, 0.15) is 0 Å². The quantitative estimate of drug-likeness (QED) is 0.664. The number of benzene rings is 1. The fourth-order valence-electron chi connectivity index (χ4n) is 5.35. The van der Waals surface area contributed by atoms with Crippen LogP contribution in [0.1, 0.15) is 63.4 Å². The maximum atomic E-state index is 13.3. The number of hydrogen-bond donors (Lipinski definition) is 2. The van der Waals surface area contributed by atoms with Gasteiger partial charge in [-0.15, -0.1) is 0 Å². The van der Waals surface area contributed by atoms with Crippen LogP contribution in [0.4, 0.5) is 10.5 Å². The highest BCUT2D eigenvalue weighted by Gasteiger charge is 2.40. The number of anilines is 1. The van der Waals surface area contributed by atoms with Crippen LogP contribution in [-0.4, -0.2) is 43.0 Å². The SMILES string of the molecule is O=C(COC(=O)C1CCCCC1C(=O)N1CCc2ccccc21)NC(=O)NC1CCCCC1. The third kappa shape index (κ3) is 5.72. The van der Waals surface area contributed by atoms with Gasteiger partial charge in [-0.1, -0.05) is 50.3 Å². The minimum absolute atomic E-state index is 0.0436. The molecule has 2 fully saturated rings.